The van der Waals surface area contributed by atoms with E-state index < -0.39 is 7.37 Å². The van der Waals surface area contributed by atoms with Crippen LogP contribution in [-0.2, 0) is 4.57 Å². The normalized spacial score (nSPS) is 22.1. The van der Waals surface area contributed by atoms with Gasteiger partial charge in [0.05, 0.1) is 0 Å². The van der Waals surface area contributed by atoms with E-state index in [1.54, 1.807) is 0 Å². The zero-order valence-electron chi connectivity index (χ0n) is 12.9. The molecule has 0 aromatic heterocycles. The molecule has 2 aliphatic rings. The van der Waals surface area contributed by atoms with Crippen molar-refractivity contribution in [2.75, 3.05) is 0 Å². The van der Waals surface area contributed by atoms with Gasteiger partial charge in [-0.1, -0.05) is 56.7 Å². The fraction of sp³-hybridized carbons (Fsp3) is 0.667. The maximum atomic E-state index is 13.9. The molecular weight excluding hydrogens is 279 g/mol. The minimum atomic E-state index is -2.59. The molecule has 2 aliphatic carbocycles. The van der Waals surface area contributed by atoms with Gasteiger partial charge >= 0.3 is 0 Å². The first-order valence-corrected chi connectivity index (χ1v) is 10.4. The third-order valence-electron chi connectivity index (χ3n) is 5.16. The molecule has 3 heteroatoms. The Balaban J connectivity index is 1.83. The number of hydrogen-bond donors (Lipinski definition) is 0. The van der Waals surface area contributed by atoms with Crippen molar-refractivity contribution in [3.05, 3.63) is 30.3 Å². The van der Waals surface area contributed by atoms with E-state index in [0.29, 0.717) is 11.3 Å². The molecule has 0 amide bonds. The highest BCUT2D eigenvalue weighted by molar-refractivity contribution is 7.60. The van der Waals surface area contributed by atoms with E-state index in [0.717, 1.165) is 31.4 Å². The van der Waals surface area contributed by atoms with E-state index in [1.165, 1.54) is 38.5 Å². The van der Waals surface area contributed by atoms with Crippen molar-refractivity contribution >= 4 is 7.37 Å². The van der Waals surface area contributed by atoms with E-state index in [2.05, 4.69) is 0 Å². The minimum absolute atomic E-state index is 0.301. The lowest BCUT2D eigenvalue weighted by Crippen LogP contribution is -2.26. The molecule has 116 valence electrons. The summed E-state index contributed by atoms with van der Waals surface area (Å²) in [5.41, 5.74) is 0.601. The molecule has 0 N–H and O–H groups in total. The van der Waals surface area contributed by atoms with Crippen molar-refractivity contribution in [3.8, 4) is 5.75 Å². The molecule has 0 spiro atoms. The summed E-state index contributed by atoms with van der Waals surface area (Å²) in [7, 11) is -2.59. The summed E-state index contributed by atoms with van der Waals surface area (Å²) >= 11 is 0. The monoisotopic (exact) mass is 306 g/mol. The third-order valence-corrected chi connectivity index (χ3v) is 8.72. The molecule has 2 nitrogen and oxygen atoms in total. The Morgan fingerprint density at radius 3 is 1.71 bits per heavy atom. The number of para-hydroxylation sites is 1. The van der Waals surface area contributed by atoms with E-state index in [1.807, 2.05) is 30.3 Å². The van der Waals surface area contributed by atoms with Crippen LogP contribution in [0, 0.1) is 0 Å². The Morgan fingerprint density at radius 1 is 0.762 bits per heavy atom. The second kappa shape index (κ2) is 7.01. The molecule has 0 radical (unpaired) electrons. The molecule has 0 saturated heterocycles. The van der Waals surface area contributed by atoms with Crippen LogP contribution in [0.2, 0.25) is 0 Å². The van der Waals surface area contributed by atoms with Gasteiger partial charge in [-0.2, -0.15) is 0 Å². The second-order valence-electron chi connectivity index (χ2n) is 6.63. The molecule has 2 fully saturated rings. The number of benzene rings is 1. The molecule has 3 rings (SSSR count). The summed E-state index contributed by atoms with van der Waals surface area (Å²) in [4.78, 5) is 0. The van der Waals surface area contributed by atoms with Crippen LogP contribution >= 0.6 is 7.37 Å². The van der Waals surface area contributed by atoms with Gasteiger partial charge in [0.15, 0.2) is 0 Å². The van der Waals surface area contributed by atoms with Gasteiger partial charge < -0.3 is 4.52 Å². The van der Waals surface area contributed by atoms with Crippen LogP contribution in [0.15, 0.2) is 30.3 Å². The second-order valence-corrected chi connectivity index (χ2v) is 9.57. The predicted molar refractivity (Wildman–Crippen MR) is 88.4 cm³/mol. The smallest absolute Gasteiger partial charge is 0.253 e. The fourth-order valence-corrected chi connectivity index (χ4v) is 7.49. The van der Waals surface area contributed by atoms with Gasteiger partial charge in [0, 0.05) is 11.3 Å². The largest absolute Gasteiger partial charge is 0.442 e. The lowest BCUT2D eigenvalue weighted by Gasteiger charge is -2.37. The van der Waals surface area contributed by atoms with E-state index >= 15 is 0 Å². The average molecular weight is 306 g/mol. The van der Waals surface area contributed by atoms with Crippen LogP contribution in [0.4, 0.5) is 0 Å². The van der Waals surface area contributed by atoms with E-state index in [9.17, 15) is 4.57 Å². The van der Waals surface area contributed by atoms with Crippen LogP contribution in [0.1, 0.15) is 64.2 Å². The quantitative estimate of drug-likeness (QED) is 0.637. The Bertz CT molecular complexity index is 451. The van der Waals surface area contributed by atoms with Crippen LogP contribution in [0.5, 0.6) is 5.75 Å². The summed E-state index contributed by atoms with van der Waals surface area (Å²) < 4.78 is 20.1. The summed E-state index contributed by atoms with van der Waals surface area (Å²) in [6, 6.07) is 9.85. The molecule has 0 bridgehead atoms. The predicted octanol–water partition coefficient (Wildman–Crippen LogP) is 6.01. The van der Waals surface area contributed by atoms with Crippen LogP contribution in [0.25, 0.3) is 0 Å². The highest BCUT2D eigenvalue weighted by Gasteiger charge is 2.43. The standard InChI is InChI=1S/C18H27O2P/c19-21(17-12-6-2-7-13-17,18-14-8-3-9-15-18)20-16-10-4-1-5-11-16/h1,4-5,10-11,17-18H,2-3,6-9,12-15H2. The summed E-state index contributed by atoms with van der Waals surface area (Å²) in [5, 5.41) is 0. The first kappa shape index (κ1) is 15.2. The summed E-state index contributed by atoms with van der Waals surface area (Å²) in [5.74, 6) is 0.803. The Morgan fingerprint density at radius 2 is 1.24 bits per heavy atom. The van der Waals surface area contributed by atoms with Crippen LogP contribution in [0.3, 0.4) is 0 Å². The Labute approximate surface area is 128 Å². The van der Waals surface area contributed by atoms with E-state index in [-0.39, 0.29) is 0 Å². The summed E-state index contributed by atoms with van der Waals surface area (Å²) in [6.07, 6.45) is 11.9. The first-order chi connectivity index (χ1) is 10.3. The third kappa shape index (κ3) is 3.54. The molecule has 2 saturated carbocycles. The SMILES string of the molecule is O=P(Oc1ccccc1)(C1CCCCC1)C1CCCCC1. The van der Waals surface area contributed by atoms with Crippen molar-refractivity contribution in [3.63, 3.8) is 0 Å². The van der Waals surface area contributed by atoms with Gasteiger partial charge in [0.25, 0.3) is 7.37 Å². The van der Waals surface area contributed by atoms with Crippen molar-refractivity contribution in [1.82, 2.24) is 0 Å². The van der Waals surface area contributed by atoms with Crippen molar-refractivity contribution in [2.45, 2.75) is 75.5 Å². The van der Waals surface area contributed by atoms with Gasteiger partial charge in [-0.3, -0.25) is 4.57 Å². The molecule has 1 aromatic carbocycles. The zero-order chi connectivity index (χ0) is 14.5. The number of rotatable bonds is 4. The van der Waals surface area contributed by atoms with Gasteiger partial charge in [-0.25, -0.2) is 0 Å². The van der Waals surface area contributed by atoms with Crippen molar-refractivity contribution in [1.29, 1.82) is 0 Å². The molecule has 1 aromatic rings. The number of hydrogen-bond acceptors (Lipinski definition) is 2. The van der Waals surface area contributed by atoms with Gasteiger partial charge in [0.1, 0.15) is 5.75 Å². The van der Waals surface area contributed by atoms with Gasteiger partial charge in [0.2, 0.25) is 0 Å². The molecular formula is C18H27O2P. The highest BCUT2D eigenvalue weighted by Crippen LogP contribution is 2.62. The average Bonchev–Trinajstić information content (AvgIpc) is 2.57. The maximum absolute atomic E-state index is 13.9. The molecule has 21 heavy (non-hydrogen) atoms. The molecule has 0 unspecified atom stereocenters. The molecule has 0 heterocycles. The molecule has 0 atom stereocenters. The lowest BCUT2D eigenvalue weighted by molar-refractivity contribution is 0.390. The van der Waals surface area contributed by atoms with Gasteiger partial charge in [-0.15, -0.1) is 0 Å². The van der Waals surface area contributed by atoms with Crippen LogP contribution in [-0.4, -0.2) is 11.3 Å². The minimum Gasteiger partial charge on any atom is -0.442 e. The van der Waals surface area contributed by atoms with E-state index in [4.69, 9.17) is 4.52 Å². The van der Waals surface area contributed by atoms with Crippen LogP contribution < -0.4 is 4.52 Å². The Hall–Kier alpha value is -0.750. The highest BCUT2D eigenvalue weighted by atomic mass is 31.2. The van der Waals surface area contributed by atoms with Gasteiger partial charge in [-0.05, 0) is 37.8 Å². The Kier molecular flexibility index (Phi) is 5.06. The maximum Gasteiger partial charge on any atom is 0.253 e. The lowest BCUT2D eigenvalue weighted by atomic mass is 10.00. The topological polar surface area (TPSA) is 26.3 Å². The molecule has 0 aliphatic heterocycles. The fourth-order valence-electron chi connectivity index (χ4n) is 3.98. The first-order valence-electron chi connectivity index (χ1n) is 8.63. The van der Waals surface area contributed by atoms with Crippen molar-refractivity contribution < 1.29 is 9.09 Å². The summed E-state index contributed by atoms with van der Waals surface area (Å²) in [6.45, 7) is 0. The van der Waals surface area contributed by atoms with Crippen molar-refractivity contribution in [2.24, 2.45) is 0 Å². The zero-order valence-corrected chi connectivity index (χ0v) is 13.8.